The van der Waals surface area contributed by atoms with Crippen LogP contribution in [0.3, 0.4) is 0 Å². The Hall–Kier alpha value is -2.75. The Morgan fingerprint density at radius 2 is 1.86 bits per heavy atom. The molecule has 1 aliphatic rings. The van der Waals surface area contributed by atoms with E-state index in [0.29, 0.717) is 6.54 Å². The monoisotopic (exact) mass is 292 g/mol. The van der Waals surface area contributed by atoms with Crippen LogP contribution in [0.5, 0.6) is 5.75 Å². The lowest BCUT2D eigenvalue weighted by molar-refractivity contribution is 0.0957. The number of amides is 1. The maximum atomic E-state index is 12.2. The number of benzene rings is 2. The fourth-order valence-electron chi connectivity index (χ4n) is 3.23. The summed E-state index contributed by atoms with van der Waals surface area (Å²) in [4.78, 5) is 15.7. The summed E-state index contributed by atoms with van der Waals surface area (Å²) in [5.41, 5.74) is 4.97. The molecule has 1 aliphatic heterocycles. The molecular weight excluding hydrogens is 276 g/mol. The maximum Gasteiger partial charge on any atom is 0.251 e. The Balaban J connectivity index is 2.06. The number of hydrogen-bond donors (Lipinski definition) is 2. The molecule has 1 amide bonds. The Bertz CT molecular complexity index is 880. The van der Waals surface area contributed by atoms with Gasteiger partial charge < -0.3 is 15.0 Å². The van der Waals surface area contributed by atoms with Crippen molar-refractivity contribution in [2.24, 2.45) is 0 Å². The highest BCUT2D eigenvalue weighted by Crippen LogP contribution is 2.37. The van der Waals surface area contributed by atoms with Crippen LogP contribution in [0.15, 0.2) is 42.5 Å². The second kappa shape index (κ2) is 4.91. The standard InChI is InChI=1S/C18H16N2O2/c1-22-15-8-3-2-5-11(15)17-12-9-10-19-18(21)13-6-4-7-14(20-17)16(12)13/h2-8,20H,9-10H2,1H3,(H,19,21). The van der Waals surface area contributed by atoms with E-state index >= 15 is 0 Å². The van der Waals surface area contributed by atoms with Gasteiger partial charge in [-0.3, -0.25) is 4.79 Å². The molecule has 110 valence electrons. The molecule has 0 fully saturated rings. The van der Waals surface area contributed by atoms with Crippen molar-refractivity contribution in [3.63, 3.8) is 0 Å². The highest BCUT2D eigenvalue weighted by molar-refractivity contribution is 6.10. The van der Waals surface area contributed by atoms with Crippen molar-refractivity contribution in [2.75, 3.05) is 13.7 Å². The van der Waals surface area contributed by atoms with Crippen LogP contribution in [0.2, 0.25) is 0 Å². The summed E-state index contributed by atoms with van der Waals surface area (Å²) >= 11 is 0. The number of carbonyl (C=O) groups excluding carboxylic acids is 1. The van der Waals surface area contributed by atoms with E-state index in [-0.39, 0.29) is 5.91 Å². The van der Waals surface area contributed by atoms with E-state index in [4.69, 9.17) is 4.74 Å². The average Bonchev–Trinajstić information content (AvgIpc) is 2.84. The molecule has 0 atom stereocenters. The molecular formula is C18H16N2O2. The van der Waals surface area contributed by atoms with E-state index in [9.17, 15) is 4.79 Å². The van der Waals surface area contributed by atoms with Gasteiger partial charge in [-0.25, -0.2) is 0 Å². The summed E-state index contributed by atoms with van der Waals surface area (Å²) in [6.45, 7) is 0.641. The van der Waals surface area contributed by atoms with Crippen LogP contribution in [-0.2, 0) is 6.42 Å². The fraction of sp³-hybridized carbons (Fsp3) is 0.167. The van der Waals surface area contributed by atoms with Gasteiger partial charge in [0.1, 0.15) is 5.75 Å². The molecule has 0 aliphatic carbocycles. The molecule has 1 aromatic heterocycles. The molecule has 2 heterocycles. The van der Waals surface area contributed by atoms with Gasteiger partial charge >= 0.3 is 0 Å². The summed E-state index contributed by atoms with van der Waals surface area (Å²) in [5.74, 6) is 0.824. The fourth-order valence-corrected chi connectivity index (χ4v) is 3.23. The van der Waals surface area contributed by atoms with Crippen LogP contribution in [0, 0.1) is 0 Å². The molecule has 4 heteroatoms. The summed E-state index contributed by atoms with van der Waals surface area (Å²) in [6, 6.07) is 13.8. The molecule has 2 N–H and O–H groups in total. The van der Waals surface area contributed by atoms with E-state index in [2.05, 4.69) is 10.3 Å². The first kappa shape index (κ1) is 13.0. The summed E-state index contributed by atoms with van der Waals surface area (Å²) in [5, 5.41) is 3.99. The number of nitrogens with one attached hydrogen (secondary N) is 2. The Morgan fingerprint density at radius 3 is 2.73 bits per heavy atom. The molecule has 0 unspecified atom stereocenters. The van der Waals surface area contributed by atoms with Gasteiger partial charge in [-0.1, -0.05) is 18.2 Å². The molecule has 0 saturated carbocycles. The Kier molecular flexibility index (Phi) is 2.89. The van der Waals surface area contributed by atoms with Gasteiger partial charge in [0, 0.05) is 28.6 Å². The largest absolute Gasteiger partial charge is 0.496 e. The molecule has 0 spiro atoms. The van der Waals surface area contributed by atoms with Crippen LogP contribution < -0.4 is 10.1 Å². The molecule has 0 bridgehead atoms. The summed E-state index contributed by atoms with van der Waals surface area (Å²) in [6.07, 6.45) is 0.802. The summed E-state index contributed by atoms with van der Waals surface area (Å²) in [7, 11) is 1.68. The van der Waals surface area contributed by atoms with E-state index in [0.717, 1.165) is 39.9 Å². The number of ether oxygens (including phenoxy) is 1. The zero-order valence-corrected chi connectivity index (χ0v) is 12.3. The van der Waals surface area contributed by atoms with Crippen molar-refractivity contribution in [1.29, 1.82) is 0 Å². The number of methoxy groups -OCH3 is 1. The van der Waals surface area contributed by atoms with Crippen LogP contribution >= 0.6 is 0 Å². The number of para-hydroxylation sites is 1. The normalized spacial score (nSPS) is 13.8. The van der Waals surface area contributed by atoms with Gasteiger partial charge in [-0.2, -0.15) is 0 Å². The van der Waals surface area contributed by atoms with Crippen molar-refractivity contribution in [1.82, 2.24) is 10.3 Å². The number of rotatable bonds is 2. The first-order valence-corrected chi connectivity index (χ1v) is 7.34. The van der Waals surface area contributed by atoms with Crippen molar-refractivity contribution in [3.8, 4) is 17.0 Å². The molecule has 3 aromatic rings. The number of aromatic amines is 1. The topological polar surface area (TPSA) is 54.1 Å². The van der Waals surface area contributed by atoms with Gasteiger partial charge in [-0.15, -0.1) is 0 Å². The lowest BCUT2D eigenvalue weighted by atomic mass is 10.00. The molecule has 4 nitrogen and oxygen atoms in total. The van der Waals surface area contributed by atoms with Crippen molar-refractivity contribution < 1.29 is 9.53 Å². The second-order valence-electron chi connectivity index (χ2n) is 5.41. The maximum absolute atomic E-state index is 12.2. The lowest BCUT2D eigenvalue weighted by Gasteiger charge is -2.09. The quantitative estimate of drug-likeness (QED) is 0.762. The van der Waals surface area contributed by atoms with E-state index in [1.54, 1.807) is 7.11 Å². The van der Waals surface area contributed by atoms with Crippen molar-refractivity contribution in [2.45, 2.75) is 6.42 Å². The highest BCUT2D eigenvalue weighted by atomic mass is 16.5. The number of aromatic nitrogens is 1. The van der Waals surface area contributed by atoms with Crippen LogP contribution in [0.4, 0.5) is 0 Å². The van der Waals surface area contributed by atoms with Gasteiger partial charge in [0.2, 0.25) is 0 Å². The zero-order chi connectivity index (χ0) is 15.1. The van der Waals surface area contributed by atoms with Gasteiger partial charge in [0.15, 0.2) is 0 Å². The van der Waals surface area contributed by atoms with E-state index in [1.165, 1.54) is 5.56 Å². The average molecular weight is 292 g/mol. The minimum atomic E-state index is -0.00470. The van der Waals surface area contributed by atoms with Gasteiger partial charge in [0.05, 0.1) is 12.8 Å². The number of H-pyrrole nitrogens is 1. The molecule has 4 rings (SSSR count). The minimum absolute atomic E-state index is 0.00470. The third-order valence-corrected chi connectivity index (χ3v) is 4.21. The smallest absolute Gasteiger partial charge is 0.251 e. The molecule has 0 radical (unpaired) electrons. The zero-order valence-electron chi connectivity index (χ0n) is 12.3. The molecule has 22 heavy (non-hydrogen) atoms. The Labute approximate surface area is 128 Å². The highest BCUT2D eigenvalue weighted by Gasteiger charge is 2.23. The van der Waals surface area contributed by atoms with Crippen molar-refractivity contribution >= 4 is 16.8 Å². The summed E-state index contributed by atoms with van der Waals surface area (Å²) < 4.78 is 5.49. The molecule has 2 aromatic carbocycles. The number of carbonyl (C=O) groups is 1. The Morgan fingerprint density at radius 1 is 1.05 bits per heavy atom. The van der Waals surface area contributed by atoms with E-state index in [1.807, 2.05) is 42.5 Å². The molecule has 0 saturated heterocycles. The predicted octanol–water partition coefficient (Wildman–Crippen LogP) is 3.13. The van der Waals surface area contributed by atoms with Crippen LogP contribution in [-0.4, -0.2) is 24.5 Å². The first-order chi connectivity index (χ1) is 10.8. The van der Waals surface area contributed by atoms with Gasteiger partial charge in [0.25, 0.3) is 5.91 Å². The van der Waals surface area contributed by atoms with Crippen LogP contribution in [0.1, 0.15) is 15.9 Å². The minimum Gasteiger partial charge on any atom is -0.496 e. The van der Waals surface area contributed by atoms with Gasteiger partial charge in [-0.05, 0) is 36.2 Å². The first-order valence-electron chi connectivity index (χ1n) is 7.34. The van der Waals surface area contributed by atoms with Crippen LogP contribution in [0.25, 0.3) is 22.2 Å². The third-order valence-electron chi connectivity index (χ3n) is 4.21. The lowest BCUT2D eigenvalue weighted by Crippen LogP contribution is -2.23. The van der Waals surface area contributed by atoms with Crippen molar-refractivity contribution in [3.05, 3.63) is 53.6 Å². The second-order valence-corrected chi connectivity index (χ2v) is 5.41. The third kappa shape index (κ3) is 1.80. The SMILES string of the molecule is COc1ccccc1-c1[nH]c2cccc3c2c1CCNC3=O. The van der Waals surface area contributed by atoms with E-state index < -0.39 is 0 Å². The number of hydrogen-bond acceptors (Lipinski definition) is 2. The predicted molar refractivity (Wildman–Crippen MR) is 86.3 cm³/mol.